The Morgan fingerprint density at radius 2 is 1.83 bits per heavy atom. The summed E-state index contributed by atoms with van der Waals surface area (Å²) < 4.78 is 0. The molecule has 2 nitrogen and oxygen atoms in total. The van der Waals surface area contributed by atoms with Crippen molar-refractivity contribution < 1.29 is 10.2 Å². The number of rotatable bonds is 1. The summed E-state index contributed by atoms with van der Waals surface area (Å²) in [4.78, 5) is 0.527. The predicted octanol–water partition coefficient (Wildman–Crippen LogP) is 4.37. The molecule has 4 aliphatic carbocycles. The number of alkyl halides is 1. The van der Waals surface area contributed by atoms with Gasteiger partial charge in [0.2, 0.25) is 0 Å². The second-order valence-electron chi connectivity index (χ2n) is 10.1. The fourth-order valence-electron chi connectivity index (χ4n) is 8.06. The van der Waals surface area contributed by atoms with Crippen molar-refractivity contribution in [2.75, 3.05) is 0 Å². The van der Waals surface area contributed by atoms with Crippen LogP contribution in [0, 0.1) is 40.4 Å². The molecule has 0 radical (unpaired) electrons. The van der Waals surface area contributed by atoms with Gasteiger partial charge in [-0.05, 0) is 85.9 Å². The van der Waals surface area contributed by atoms with E-state index >= 15 is 0 Å². The van der Waals surface area contributed by atoms with Crippen molar-refractivity contribution in [1.82, 2.24) is 0 Å². The summed E-state index contributed by atoms with van der Waals surface area (Å²) >= 11 is 3.98. The van der Waals surface area contributed by atoms with E-state index in [2.05, 4.69) is 43.6 Å². The summed E-state index contributed by atoms with van der Waals surface area (Å²) in [6.45, 7) is 9.10. The zero-order valence-corrected chi connectivity index (χ0v) is 16.6. The molecule has 2 N–H and O–H groups in total. The molecule has 2 bridgehead atoms. The van der Waals surface area contributed by atoms with Crippen molar-refractivity contribution in [2.24, 2.45) is 40.4 Å². The first-order valence-electron chi connectivity index (χ1n) is 9.68. The van der Waals surface area contributed by atoms with Gasteiger partial charge >= 0.3 is 0 Å². The maximum Gasteiger partial charge on any atom is 0.0656 e. The molecule has 0 aliphatic heterocycles. The Labute approximate surface area is 149 Å². The highest BCUT2D eigenvalue weighted by Gasteiger charge is 2.71. The number of fused-ring (bicyclic) bond motifs is 3. The van der Waals surface area contributed by atoms with Crippen LogP contribution in [0.4, 0.5) is 0 Å². The summed E-state index contributed by atoms with van der Waals surface area (Å²) in [5.41, 5.74) is -0.0564. The smallest absolute Gasteiger partial charge is 0.0656 e. The molecule has 9 unspecified atom stereocenters. The number of aliphatic hydroxyl groups is 2. The molecule has 132 valence electrons. The molecule has 0 heterocycles. The minimum Gasteiger partial charge on any atom is -0.393 e. The first-order chi connectivity index (χ1) is 10.6. The number of hydrogen-bond acceptors (Lipinski definition) is 2. The molecule has 0 aromatic heterocycles. The summed E-state index contributed by atoms with van der Waals surface area (Å²) in [6, 6.07) is 0. The molecule has 4 aliphatic rings. The van der Waals surface area contributed by atoms with E-state index in [1.165, 1.54) is 19.3 Å². The number of halogens is 1. The molecule has 0 amide bonds. The molecule has 0 aromatic rings. The SMILES string of the molecule is CC(C)C1C(O)C2CC3C4C(C)(O)CCC(Br)C4(C)CCC31C2. The van der Waals surface area contributed by atoms with Crippen LogP contribution in [0.1, 0.15) is 66.2 Å². The van der Waals surface area contributed by atoms with Gasteiger partial charge in [0.25, 0.3) is 0 Å². The van der Waals surface area contributed by atoms with E-state index in [1.54, 1.807) is 0 Å². The van der Waals surface area contributed by atoms with Gasteiger partial charge in [0.05, 0.1) is 11.7 Å². The largest absolute Gasteiger partial charge is 0.393 e. The van der Waals surface area contributed by atoms with Crippen LogP contribution in [0.15, 0.2) is 0 Å². The summed E-state index contributed by atoms with van der Waals surface area (Å²) in [6.07, 6.45) is 6.68. The third kappa shape index (κ3) is 1.99. The first-order valence-corrected chi connectivity index (χ1v) is 10.6. The van der Waals surface area contributed by atoms with Crippen LogP contribution in [-0.2, 0) is 0 Å². The second kappa shape index (κ2) is 4.98. The van der Waals surface area contributed by atoms with Crippen molar-refractivity contribution in [3.05, 3.63) is 0 Å². The monoisotopic (exact) mass is 384 g/mol. The molecular weight excluding hydrogens is 352 g/mol. The van der Waals surface area contributed by atoms with Gasteiger partial charge in [-0.2, -0.15) is 0 Å². The summed E-state index contributed by atoms with van der Waals surface area (Å²) in [5.74, 6) is 2.41. The van der Waals surface area contributed by atoms with E-state index in [1.807, 2.05) is 0 Å². The third-order valence-corrected chi connectivity index (χ3v) is 10.2. The van der Waals surface area contributed by atoms with Gasteiger partial charge in [-0.1, -0.05) is 36.7 Å². The van der Waals surface area contributed by atoms with Gasteiger partial charge in [0.1, 0.15) is 0 Å². The quantitative estimate of drug-likeness (QED) is 0.658. The summed E-state index contributed by atoms with van der Waals surface area (Å²) in [5, 5.41) is 22.2. The molecule has 23 heavy (non-hydrogen) atoms. The fourth-order valence-corrected chi connectivity index (χ4v) is 8.80. The van der Waals surface area contributed by atoms with Gasteiger partial charge in [-0.25, -0.2) is 0 Å². The molecule has 4 rings (SSSR count). The van der Waals surface area contributed by atoms with Crippen molar-refractivity contribution >= 4 is 15.9 Å². The Balaban J connectivity index is 1.78. The lowest BCUT2D eigenvalue weighted by molar-refractivity contribution is -0.191. The Hall–Kier alpha value is 0.400. The van der Waals surface area contributed by atoms with E-state index in [0.717, 1.165) is 19.3 Å². The average molecular weight is 385 g/mol. The topological polar surface area (TPSA) is 40.5 Å². The molecule has 4 saturated carbocycles. The minimum atomic E-state index is -0.548. The standard InChI is InChI=1S/C20H33BrO2/c1-11(2)15-16(22)12-9-13-17-18(3,7-8-20(13,15)10-12)14(21)5-6-19(17,4)23/h11-17,22-23H,5-10H2,1-4H3. The van der Waals surface area contributed by atoms with E-state index in [0.29, 0.717) is 34.4 Å². The third-order valence-electron chi connectivity index (χ3n) is 8.70. The van der Waals surface area contributed by atoms with Crippen LogP contribution in [0.5, 0.6) is 0 Å². The van der Waals surface area contributed by atoms with Crippen LogP contribution < -0.4 is 0 Å². The van der Waals surface area contributed by atoms with E-state index in [9.17, 15) is 10.2 Å². The number of hydrogen-bond donors (Lipinski definition) is 2. The van der Waals surface area contributed by atoms with E-state index in [-0.39, 0.29) is 16.9 Å². The molecule has 4 fully saturated rings. The normalized spacial score (nSPS) is 61.6. The molecular formula is C20H33BrO2. The Morgan fingerprint density at radius 1 is 1.13 bits per heavy atom. The Morgan fingerprint density at radius 3 is 2.48 bits per heavy atom. The zero-order chi connectivity index (χ0) is 16.8. The maximum atomic E-state index is 11.3. The van der Waals surface area contributed by atoms with Crippen molar-refractivity contribution in [3.63, 3.8) is 0 Å². The average Bonchev–Trinajstić information content (AvgIpc) is 2.95. The van der Waals surface area contributed by atoms with Gasteiger partial charge in [-0.3, -0.25) is 0 Å². The Kier molecular flexibility index (Phi) is 3.65. The van der Waals surface area contributed by atoms with Crippen molar-refractivity contribution in [1.29, 1.82) is 0 Å². The highest BCUT2D eigenvalue weighted by atomic mass is 79.9. The first kappa shape index (κ1) is 16.8. The van der Waals surface area contributed by atoms with Crippen LogP contribution in [-0.4, -0.2) is 26.7 Å². The lowest BCUT2D eigenvalue weighted by Gasteiger charge is -2.64. The summed E-state index contributed by atoms with van der Waals surface area (Å²) in [7, 11) is 0. The second-order valence-corrected chi connectivity index (χ2v) is 11.3. The van der Waals surface area contributed by atoms with E-state index in [4.69, 9.17) is 0 Å². The van der Waals surface area contributed by atoms with Gasteiger partial charge < -0.3 is 10.2 Å². The predicted molar refractivity (Wildman–Crippen MR) is 96.4 cm³/mol. The van der Waals surface area contributed by atoms with Crippen molar-refractivity contribution in [3.8, 4) is 0 Å². The van der Waals surface area contributed by atoms with Gasteiger partial charge in [0.15, 0.2) is 0 Å². The zero-order valence-electron chi connectivity index (χ0n) is 15.1. The van der Waals surface area contributed by atoms with Gasteiger partial charge in [-0.15, -0.1) is 0 Å². The highest BCUT2D eigenvalue weighted by Crippen LogP contribution is 2.74. The Bertz CT molecular complexity index is 504. The van der Waals surface area contributed by atoms with Crippen LogP contribution in [0.2, 0.25) is 0 Å². The van der Waals surface area contributed by atoms with E-state index < -0.39 is 5.60 Å². The lowest BCUT2D eigenvalue weighted by Crippen LogP contribution is -2.63. The molecule has 0 saturated heterocycles. The number of aliphatic hydroxyl groups excluding tert-OH is 1. The molecule has 3 heteroatoms. The highest BCUT2D eigenvalue weighted by molar-refractivity contribution is 9.09. The lowest BCUT2D eigenvalue weighted by atomic mass is 9.43. The van der Waals surface area contributed by atoms with Gasteiger partial charge in [0, 0.05) is 4.83 Å². The van der Waals surface area contributed by atoms with Crippen LogP contribution >= 0.6 is 15.9 Å². The van der Waals surface area contributed by atoms with Crippen LogP contribution in [0.3, 0.4) is 0 Å². The minimum absolute atomic E-state index is 0.107. The fraction of sp³-hybridized carbons (Fsp3) is 1.00. The van der Waals surface area contributed by atoms with Crippen molar-refractivity contribution in [2.45, 2.75) is 82.8 Å². The molecule has 9 atom stereocenters. The molecule has 1 spiro atoms. The molecule has 0 aromatic carbocycles. The van der Waals surface area contributed by atoms with Crippen LogP contribution in [0.25, 0.3) is 0 Å². The maximum absolute atomic E-state index is 11.3.